The monoisotopic (exact) mass is 458 g/mol. The molecule has 0 bridgehead atoms. The van der Waals surface area contributed by atoms with Crippen molar-refractivity contribution in [3.63, 3.8) is 0 Å². The van der Waals surface area contributed by atoms with E-state index in [1.54, 1.807) is 11.3 Å². The van der Waals surface area contributed by atoms with Gasteiger partial charge >= 0.3 is 5.97 Å². The predicted octanol–water partition coefficient (Wildman–Crippen LogP) is 4.38. The smallest absolute Gasteiger partial charge is 0.331 e. The summed E-state index contributed by atoms with van der Waals surface area (Å²) in [4.78, 5) is 18.9. The van der Waals surface area contributed by atoms with Gasteiger partial charge in [0.2, 0.25) is 5.89 Å². The topological polar surface area (TPSA) is 86.8 Å². The van der Waals surface area contributed by atoms with E-state index in [1.165, 1.54) is 11.8 Å². The maximum absolute atomic E-state index is 11.4. The third-order valence-electron chi connectivity index (χ3n) is 5.69. The van der Waals surface area contributed by atoms with Crippen molar-refractivity contribution < 1.29 is 19.4 Å². The van der Waals surface area contributed by atoms with Gasteiger partial charge in [0, 0.05) is 31.2 Å². The van der Waals surface area contributed by atoms with Crippen LogP contribution >= 0.6 is 23.1 Å². The Morgan fingerprint density at radius 3 is 2.77 bits per heavy atom. The van der Waals surface area contributed by atoms with Crippen LogP contribution in [0.4, 0.5) is 0 Å². The summed E-state index contributed by atoms with van der Waals surface area (Å²) in [5.74, 6) is 1.34. The number of benzene rings is 1. The summed E-state index contributed by atoms with van der Waals surface area (Å²) in [7, 11) is 0. The van der Waals surface area contributed by atoms with Crippen molar-refractivity contribution in [2.24, 2.45) is 0 Å². The number of oxazole rings is 1. The van der Waals surface area contributed by atoms with E-state index in [0.717, 1.165) is 39.8 Å². The number of thioether (sulfide) groups is 1. The van der Waals surface area contributed by atoms with Crippen LogP contribution in [0, 0.1) is 6.92 Å². The van der Waals surface area contributed by atoms with Crippen molar-refractivity contribution in [1.82, 2.24) is 9.88 Å². The number of carboxylic acid groups (broad SMARTS) is 1. The molecule has 31 heavy (non-hydrogen) atoms. The summed E-state index contributed by atoms with van der Waals surface area (Å²) in [6.45, 7) is 5.29. The van der Waals surface area contributed by atoms with E-state index in [1.807, 2.05) is 60.5 Å². The maximum Gasteiger partial charge on any atom is 0.331 e. The zero-order valence-corrected chi connectivity index (χ0v) is 19.2. The molecule has 3 heterocycles. The lowest BCUT2D eigenvalue weighted by atomic mass is 9.91. The fourth-order valence-corrected chi connectivity index (χ4v) is 5.52. The second-order valence-electron chi connectivity index (χ2n) is 7.83. The minimum Gasteiger partial charge on any atom is -0.479 e. The molecule has 2 aromatic heterocycles. The van der Waals surface area contributed by atoms with Gasteiger partial charge in [0.1, 0.15) is 5.76 Å². The van der Waals surface area contributed by atoms with Gasteiger partial charge < -0.3 is 14.6 Å². The first kappa shape index (κ1) is 22.1. The summed E-state index contributed by atoms with van der Waals surface area (Å²) < 4.78 is 5.79. The van der Waals surface area contributed by atoms with Gasteiger partial charge in [-0.05, 0) is 29.5 Å². The molecular formula is C23H26N2O4S2. The van der Waals surface area contributed by atoms with E-state index in [0.29, 0.717) is 18.9 Å². The van der Waals surface area contributed by atoms with Crippen molar-refractivity contribution in [3.05, 3.63) is 64.4 Å². The second kappa shape index (κ2) is 9.56. The minimum absolute atomic E-state index is 0.0653. The predicted molar refractivity (Wildman–Crippen MR) is 123 cm³/mol. The van der Waals surface area contributed by atoms with Crippen LogP contribution in [0.3, 0.4) is 0 Å². The van der Waals surface area contributed by atoms with Gasteiger partial charge in [0.25, 0.3) is 0 Å². The summed E-state index contributed by atoms with van der Waals surface area (Å²) >= 11 is 3.05. The minimum atomic E-state index is -0.777. The van der Waals surface area contributed by atoms with E-state index >= 15 is 0 Å². The van der Waals surface area contributed by atoms with Crippen LogP contribution in [0.25, 0.3) is 10.8 Å². The number of aliphatic hydroxyl groups is 1. The highest BCUT2D eigenvalue weighted by molar-refractivity contribution is 8.00. The molecule has 0 aliphatic carbocycles. The Kier molecular flexibility index (Phi) is 6.81. The zero-order chi connectivity index (χ0) is 22.0. The van der Waals surface area contributed by atoms with Gasteiger partial charge in [-0.1, -0.05) is 37.3 Å². The Morgan fingerprint density at radius 1 is 1.32 bits per heavy atom. The van der Waals surface area contributed by atoms with Crippen LogP contribution < -0.4 is 0 Å². The van der Waals surface area contributed by atoms with Crippen LogP contribution in [0.5, 0.6) is 0 Å². The highest BCUT2D eigenvalue weighted by Crippen LogP contribution is 2.29. The number of rotatable bonds is 8. The molecule has 1 aliphatic heterocycles. The van der Waals surface area contributed by atoms with Crippen LogP contribution in [0.15, 0.2) is 46.2 Å². The lowest BCUT2D eigenvalue weighted by Gasteiger charge is -2.21. The van der Waals surface area contributed by atoms with Crippen molar-refractivity contribution >= 4 is 29.1 Å². The molecule has 8 heteroatoms. The Hall–Kier alpha value is -2.13. The Labute approximate surface area is 189 Å². The van der Waals surface area contributed by atoms with E-state index in [4.69, 9.17) is 4.42 Å². The zero-order valence-electron chi connectivity index (χ0n) is 17.5. The number of carbonyl (C=O) groups is 1. The average Bonchev–Trinajstić information content (AvgIpc) is 3.50. The van der Waals surface area contributed by atoms with E-state index in [-0.39, 0.29) is 5.92 Å². The molecule has 0 spiro atoms. The molecule has 1 fully saturated rings. The largest absolute Gasteiger partial charge is 0.479 e. The van der Waals surface area contributed by atoms with E-state index < -0.39 is 17.4 Å². The summed E-state index contributed by atoms with van der Waals surface area (Å²) in [5, 5.41) is 21.7. The van der Waals surface area contributed by atoms with Crippen molar-refractivity contribution in [1.29, 1.82) is 0 Å². The highest BCUT2D eigenvalue weighted by Gasteiger charge is 2.31. The number of aryl methyl sites for hydroxylation is 1. The molecule has 1 aliphatic rings. The molecule has 0 amide bonds. The first-order valence-electron chi connectivity index (χ1n) is 10.3. The third kappa shape index (κ3) is 5.03. The molecule has 3 aromatic rings. The summed E-state index contributed by atoms with van der Waals surface area (Å²) in [5.41, 5.74) is 2.90. The quantitative estimate of drug-likeness (QED) is 0.518. The molecule has 4 rings (SSSR count). The number of hydrogen-bond acceptors (Lipinski definition) is 7. The maximum atomic E-state index is 11.4. The molecule has 1 saturated heterocycles. The van der Waals surface area contributed by atoms with Crippen LogP contribution in [-0.2, 0) is 17.8 Å². The standard InChI is InChI=1S/C23H26N2O4S2/c1-14(19(26)12-18-15(2)29-21(24-18)20-4-3-10-30-20)17-7-5-16(6-8-17)13-25-9-11-31-22(25)23(27)28/h3-8,10,14,19,22,26H,9,11-13H2,1-2H3,(H,27,28)/t14-,19+,22?/m1/s1. The molecule has 0 saturated carbocycles. The number of aliphatic carboxylic acids is 1. The number of aliphatic hydroxyl groups excluding tert-OH is 1. The van der Waals surface area contributed by atoms with Crippen LogP contribution in [0.1, 0.15) is 35.4 Å². The molecular weight excluding hydrogens is 432 g/mol. The number of aromatic nitrogens is 1. The van der Waals surface area contributed by atoms with Gasteiger partial charge in [0.05, 0.1) is 16.7 Å². The normalized spacial score (nSPS) is 18.9. The molecule has 3 atom stereocenters. The Morgan fingerprint density at radius 2 is 2.10 bits per heavy atom. The molecule has 2 N–H and O–H groups in total. The van der Waals surface area contributed by atoms with Crippen molar-refractivity contribution in [2.45, 2.75) is 44.2 Å². The third-order valence-corrected chi connectivity index (χ3v) is 7.78. The van der Waals surface area contributed by atoms with E-state index in [2.05, 4.69) is 4.98 Å². The van der Waals surface area contributed by atoms with Gasteiger partial charge in [-0.3, -0.25) is 4.90 Å². The first-order valence-corrected chi connectivity index (χ1v) is 12.2. The number of hydrogen-bond donors (Lipinski definition) is 2. The van der Waals surface area contributed by atoms with E-state index in [9.17, 15) is 15.0 Å². The highest BCUT2D eigenvalue weighted by atomic mass is 32.2. The number of carboxylic acids is 1. The molecule has 6 nitrogen and oxygen atoms in total. The van der Waals surface area contributed by atoms with Crippen molar-refractivity contribution in [2.75, 3.05) is 12.3 Å². The SMILES string of the molecule is Cc1oc(-c2cccs2)nc1C[C@H](O)[C@H](C)c1ccc(CN2CCSC2C(=O)O)cc1. The second-order valence-corrected chi connectivity index (χ2v) is 9.97. The van der Waals surface area contributed by atoms with Gasteiger partial charge in [-0.15, -0.1) is 23.1 Å². The molecule has 1 unspecified atom stereocenters. The fraction of sp³-hybridized carbons (Fsp3) is 0.391. The summed E-state index contributed by atoms with van der Waals surface area (Å²) in [6, 6.07) is 12.0. The van der Waals surface area contributed by atoms with Gasteiger partial charge in [-0.25, -0.2) is 9.78 Å². The lowest BCUT2D eigenvalue weighted by molar-refractivity contribution is -0.139. The molecule has 164 valence electrons. The van der Waals surface area contributed by atoms with Crippen molar-refractivity contribution in [3.8, 4) is 10.8 Å². The van der Waals surface area contributed by atoms with Gasteiger partial charge in [0.15, 0.2) is 5.37 Å². The molecule has 1 aromatic carbocycles. The number of thiophene rings is 1. The first-order chi connectivity index (χ1) is 14.9. The fourth-order valence-electron chi connectivity index (χ4n) is 3.77. The van der Waals surface area contributed by atoms with Crippen LogP contribution in [-0.4, -0.2) is 49.8 Å². The number of nitrogens with zero attached hydrogens (tertiary/aromatic N) is 2. The van der Waals surface area contributed by atoms with Gasteiger partial charge in [-0.2, -0.15) is 0 Å². The Balaban J connectivity index is 1.39. The Bertz CT molecular complexity index is 1020. The summed E-state index contributed by atoms with van der Waals surface area (Å²) in [6.07, 6.45) is -0.160. The van der Waals surface area contributed by atoms with Crippen LogP contribution in [0.2, 0.25) is 0 Å². The average molecular weight is 459 g/mol. The molecule has 0 radical (unpaired) electrons. The lowest BCUT2D eigenvalue weighted by Crippen LogP contribution is -2.33.